The Balaban J connectivity index is 1.65. The summed E-state index contributed by atoms with van der Waals surface area (Å²) in [5.74, 6) is 1.34. The van der Waals surface area contributed by atoms with Gasteiger partial charge < -0.3 is 15.3 Å². The van der Waals surface area contributed by atoms with Gasteiger partial charge in [0, 0.05) is 24.6 Å². The molecule has 1 aliphatic heterocycles. The van der Waals surface area contributed by atoms with Gasteiger partial charge in [-0.25, -0.2) is 4.98 Å². The Morgan fingerprint density at radius 2 is 1.92 bits per heavy atom. The molecule has 3 aromatic heterocycles. The van der Waals surface area contributed by atoms with E-state index in [1.54, 1.807) is 6.20 Å². The number of aromatic nitrogens is 4. The maximum absolute atomic E-state index is 10.0. The largest absolute Gasteiger partial charge is 0.386 e. The first-order valence-electron chi connectivity index (χ1n) is 8.82. The molecule has 0 atom stereocenters. The monoisotopic (exact) mass is 350 g/mol. The van der Waals surface area contributed by atoms with E-state index in [-0.39, 0.29) is 0 Å². The van der Waals surface area contributed by atoms with Gasteiger partial charge in [0.05, 0.1) is 24.1 Å². The van der Waals surface area contributed by atoms with E-state index in [0.717, 1.165) is 28.9 Å². The zero-order valence-electron chi connectivity index (χ0n) is 15.0. The first-order chi connectivity index (χ1) is 12.6. The number of aryl methyl sites for hydroxylation is 1. The molecule has 26 heavy (non-hydrogen) atoms. The number of hydrogen-bond donors (Lipinski definition) is 2. The van der Waals surface area contributed by atoms with Crippen LogP contribution < -0.4 is 10.2 Å². The van der Waals surface area contributed by atoms with Gasteiger partial charge in [0.1, 0.15) is 5.82 Å². The average molecular weight is 350 g/mol. The average Bonchev–Trinajstić information content (AvgIpc) is 2.64. The number of nitrogens with one attached hydrogen (secondary N) is 1. The normalized spacial score (nSPS) is 15.7. The maximum Gasteiger partial charge on any atom is 0.229 e. The van der Waals surface area contributed by atoms with Crippen molar-refractivity contribution in [3.8, 4) is 0 Å². The Hall–Kier alpha value is -2.80. The fraction of sp³-hybridized carbons (Fsp3) is 0.368. The summed E-state index contributed by atoms with van der Waals surface area (Å²) in [5.41, 5.74) is 2.20. The molecule has 1 fully saturated rings. The second kappa shape index (κ2) is 6.49. The standard InChI is InChI=1S/C19H22N6O/c1-3-15-13(6-4-8-20-15)10-22-17-14-7-5-9-21-16(14)23-18(24-17)25-11-19(2,26)12-25/h4-9,26H,3,10-12H2,1-2H3,(H,21,22,23,24). The Bertz CT molecular complexity index is 934. The summed E-state index contributed by atoms with van der Waals surface area (Å²) in [7, 11) is 0. The highest BCUT2D eigenvalue weighted by Gasteiger charge is 2.38. The van der Waals surface area contributed by atoms with E-state index in [4.69, 9.17) is 4.98 Å². The van der Waals surface area contributed by atoms with Crippen molar-refractivity contribution in [1.82, 2.24) is 19.9 Å². The van der Waals surface area contributed by atoms with Crippen molar-refractivity contribution in [2.75, 3.05) is 23.3 Å². The second-order valence-corrected chi connectivity index (χ2v) is 6.92. The minimum absolute atomic E-state index is 0.521. The van der Waals surface area contributed by atoms with Crippen LogP contribution in [-0.2, 0) is 13.0 Å². The first kappa shape index (κ1) is 16.7. The van der Waals surface area contributed by atoms with Crippen LogP contribution >= 0.6 is 0 Å². The highest BCUT2D eigenvalue weighted by atomic mass is 16.3. The Morgan fingerprint density at radius 1 is 1.15 bits per heavy atom. The molecule has 3 aromatic rings. The Labute approximate surface area is 152 Å². The minimum atomic E-state index is -0.679. The van der Waals surface area contributed by atoms with Gasteiger partial charge in [0.25, 0.3) is 0 Å². The number of aliphatic hydroxyl groups is 1. The van der Waals surface area contributed by atoms with Gasteiger partial charge in [-0.2, -0.15) is 9.97 Å². The van der Waals surface area contributed by atoms with E-state index < -0.39 is 5.60 Å². The van der Waals surface area contributed by atoms with E-state index >= 15 is 0 Å². The smallest absolute Gasteiger partial charge is 0.229 e. The van der Waals surface area contributed by atoms with Crippen molar-refractivity contribution in [1.29, 1.82) is 0 Å². The van der Waals surface area contributed by atoms with Crippen molar-refractivity contribution >= 4 is 22.8 Å². The molecule has 4 rings (SSSR count). The molecule has 0 spiro atoms. The molecular formula is C19H22N6O. The molecule has 7 nitrogen and oxygen atoms in total. The summed E-state index contributed by atoms with van der Waals surface area (Å²) in [6.45, 7) is 5.59. The highest BCUT2D eigenvalue weighted by Crippen LogP contribution is 2.28. The zero-order chi connectivity index (χ0) is 18.1. The summed E-state index contributed by atoms with van der Waals surface area (Å²) in [4.78, 5) is 20.0. The molecular weight excluding hydrogens is 328 g/mol. The van der Waals surface area contributed by atoms with Gasteiger partial charge in [-0.3, -0.25) is 4.98 Å². The van der Waals surface area contributed by atoms with Gasteiger partial charge >= 0.3 is 0 Å². The van der Waals surface area contributed by atoms with Gasteiger partial charge in [0.2, 0.25) is 5.95 Å². The van der Waals surface area contributed by atoms with E-state index in [1.807, 2.05) is 36.2 Å². The first-order valence-corrected chi connectivity index (χ1v) is 8.82. The summed E-state index contributed by atoms with van der Waals surface area (Å²) in [6.07, 6.45) is 4.43. The number of nitrogens with zero attached hydrogens (tertiary/aromatic N) is 5. The van der Waals surface area contributed by atoms with Crippen molar-refractivity contribution < 1.29 is 5.11 Å². The van der Waals surface area contributed by atoms with Crippen LogP contribution in [0.4, 0.5) is 11.8 Å². The Kier molecular flexibility index (Phi) is 4.16. The minimum Gasteiger partial charge on any atom is -0.386 e. The number of rotatable bonds is 5. The third-order valence-electron chi connectivity index (χ3n) is 4.57. The number of hydrogen-bond acceptors (Lipinski definition) is 7. The lowest BCUT2D eigenvalue weighted by Gasteiger charge is -2.44. The maximum atomic E-state index is 10.0. The summed E-state index contributed by atoms with van der Waals surface area (Å²) >= 11 is 0. The molecule has 4 heterocycles. The predicted octanol–water partition coefficient (Wildman–Crippen LogP) is 2.17. The molecule has 1 saturated heterocycles. The molecule has 134 valence electrons. The van der Waals surface area contributed by atoms with Crippen LogP contribution in [0.3, 0.4) is 0 Å². The third kappa shape index (κ3) is 3.17. The van der Waals surface area contributed by atoms with Gasteiger partial charge in [-0.05, 0) is 37.1 Å². The van der Waals surface area contributed by atoms with Crippen LogP contribution in [0.1, 0.15) is 25.1 Å². The summed E-state index contributed by atoms with van der Waals surface area (Å²) in [5, 5.41) is 14.3. The summed E-state index contributed by atoms with van der Waals surface area (Å²) in [6, 6.07) is 7.87. The van der Waals surface area contributed by atoms with E-state index in [1.165, 1.54) is 0 Å². The molecule has 2 N–H and O–H groups in total. The number of anilines is 2. The van der Waals surface area contributed by atoms with Crippen LogP contribution in [0.2, 0.25) is 0 Å². The fourth-order valence-electron chi connectivity index (χ4n) is 3.27. The molecule has 7 heteroatoms. The van der Waals surface area contributed by atoms with Crippen LogP contribution in [0.15, 0.2) is 36.7 Å². The Morgan fingerprint density at radius 3 is 2.69 bits per heavy atom. The van der Waals surface area contributed by atoms with Crippen molar-refractivity contribution in [2.45, 2.75) is 32.4 Å². The number of β-amino-alcohol motifs (C(OH)–C–C–N with tert-alkyl or cyclic N) is 1. The number of fused-ring (bicyclic) bond motifs is 1. The van der Waals surface area contributed by atoms with Crippen molar-refractivity contribution in [3.63, 3.8) is 0 Å². The fourth-order valence-corrected chi connectivity index (χ4v) is 3.27. The van der Waals surface area contributed by atoms with E-state index in [2.05, 4.69) is 33.3 Å². The highest BCUT2D eigenvalue weighted by molar-refractivity contribution is 5.87. The van der Waals surface area contributed by atoms with Crippen LogP contribution in [0.5, 0.6) is 0 Å². The lowest BCUT2D eigenvalue weighted by Crippen LogP contribution is -2.60. The summed E-state index contributed by atoms with van der Waals surface area (Å²) < 4.78 is 0. The zero-order valence-corrected chi connectivity index (χ0v) is 15.0. The lowest BCUT2D eigenvalue weighted by molar-refractivity contribution is 0.0300. The quantitative estimate of drug-likeness (QED) is 0.729. The van der Waals surface area contributed by atoms with Crippen LogP contribution in [0, 0.1) is 0 Å². The van der Waals surface area contributed by atoms with E-state index in [9.17, 15) is 5.11 Å². The molecule has 0 aromatic carbocycles. The number of pyridine rings is 2. The second-order valence-electron chi connectivity index (χ2n) is 6.92. The van der Waals surface area contributed by atoms with Crippen LogP contribution in [-0.4, -0.2) is 43.7 Å². The van der Waals surface area contributed by atoms with Gasteiger partial charge in [-0.15, -0.1) is 0 Å². The lowest BCUT2D eigenvalue weighted by atomic mass is 9.98. The third-order valence-corrected chi connectivity index (χ3v) is 4.57. The molecule has 0 bridgehead atoms. The molecule has 0 aliphatic carbocycles. The SMILES string of the molecule is CCc1ncccc1CNc1nc(N2CC(C)(O)C2)nc2ncccc12. The van der Waals surface area contributed by atoms with Gasteiger partial charge in [-0.1, -0.05) is 13.0 Å². The molecule has 0 saturated carbocycles. The molecule has 1 aliphatic rings. The van der Waals surface area contributed by atoms with Crippen LogP contribution in [0.25, 0.3) is 11.0 Å². The molecule has 0 radical (unpaired) electrons. The van der Waals surface area contributed by atoms with Crippen molar-refractivity contribution in [2.24, 2.45) is 0 Å². The molecule has 0 unspecified atom stereocenters. The predicted molar refractivity (Wildman–Crippen MR) is 101 cm³/mol. The topological polar surface area (TPSA) is 87.1 Å². The van der Waals surface area contributed by atoms with Crippen molar-refractivity contribution in [3.05, 3.63) is 47.9 Å². The van der Waals surface area contributed by atoms with Gasteiger partial charge in [0.15, 0.2) is 5.65 Å². The molecule has 0 amide bonds. The van der Waals surface area contributed by atoms with E-state index in [0.29, 0.717) is 31.2 Å².